The maximum Gasteiger partial charge on any atom is 0.239 e. The summed E-state index contributed by atoms with van der Waals surface area (Å²) in [5.41, 5.74) is 0.225. The van der Waals surface area contributed by atoms with Gasteiger partial charge in [0, 0.05) is 19.7 Å². The molecule has 4 nitrogen and oxygen atoms in total. The van der Waals surface area contributed by atoms with Crippen molar-refractivity contribution in [3.8, 4) is 0 Å². The molecule has 4 heteroatoms. The highest BCUT2D eigenvalue weighted by Gasteiger charge is 2.35. The molecule has 2 heterocycles. The fourth-order valence-electron chi connectivity index (χ4n) is 3.29. The number of hydrogen-bond donors (Lipinski definition) is 1. The lowest BCUT2D eigenvalue weighted by Crippen LogP contribution is -2.47. The molecule has 1 N–H and O–H groups in total. The zero-order chi connectivity index (χ0) is 14.6. The standard InChI is InChI=1S/C16H30N2O2/c1-16(2)8-9-18(15(19)14(11-16)17-3)12-13-7-5-4-6-10-20-13/h13-14,17H,4-12H2,1-3H3. The van der Waals surface area contributed by atoms with Crippen molar-refractivity contribution in [2.24, 2.45) is 5.41 Å². The highest BCUT2D eigenvalue weighted by atomic mass is 16.5. The SMILES string of the molecule is CNC1CC(C)(C)CCN(CC2CCCCCO2)C1=O. The monoisotopic (exact) mass is 282 g/mol. The molecule has 0 aromatic carbocycles. The Morgan fingerprint density at radius 1 is 1.35 bits per heavy atom. The summed E-state index contributed by atoms with van der Waals surface area (Å²) in [7, 11) is 1.89. The Morgan fingerprint density at radius 3 is 2.90 bits per heavy atom. The quantitative estimate of drug-likeness (QED) is 0.862. The highest BCUT2D eigenvalue weighted by molar-refractivity contribution is 5.82. The van der Waals surface area contributed by atoms with Crippen molar-refractivity contribution < 1.29 is 9.53 Å². The van der Waals surface area contributed by atoms with Crippen LogP contribution in [-0.2, 0) is 9.53 Å². The molecule has 2 aliphatic heterocycles. The molecule has 1 amide bonds. The van der Waals surface area contributed by atoms with Crippen molar-refractivity contribution in [2.45, 2.75) is 64.5 Å². The number of hydrogen-bond acceptors (Lipinski definition) is 3. The van der Waals surface area contributed by atoms with Crippen molar-refractivity contribution in [2.75, 3.05) is 26.7 Å². The zero-order valence-electron chi connectivity index (χ0n) is 13.3. The van der Waals surface area contributed by atoms with Crippen LogP contribution in [0.5, 0.6) is 0 Å². The highest BCUT2D eigenvalue weighted by Crippen LogP contribution is 2.31. The smallest absolute Gasteiger partial charge is 0.239 e. The summed E-state index contributed by atoms with van der Waals surface area (Å²) in [5, 5.41) is 3.20. The van der Waals surface area contributed by atoms with Gasteiger partial charge in [-0.25, -0.2) is 0 Å². The third kappa shape index (κ3) is 4.19. The minimum absolute atomic E-state index is 0.0433. The van der Waals surface area contributed by atoms with Gasteiger partial charge >= 0.3 is 0 Å². The van der Waals surface area contributed by atoms with Gasteiger partial charge in [-0.05, 0) is 38.1 Å². The third-order valence-electron chi connectivity index (χ3n) is 4.72. The van der Waals surface area contributed by atoms with Crippen LogP contribution in [0.3, 0.4) is 0 Å². The largest absolute Gasteiger partial charge is 0.376 e. The number of amides is 1. The van der Waals surface area contributed by atoms with E-state index in [9.17, 15) is 4.79 Å². The van der Waals surface area contributed by atoms with Crippen LogP contribution >= 0.6 is 0 Å². The van der Waals surface area contributed by atoms with Gasteiger partial charge < -0.3 is 15.0 Å². The van der Waals surface area contributed by atoms with Gasteiger partial charge in [0.15, 0.2) is 0 Å². The molecular weight excluding hydrogens is 252 g/mol. The first-order chi connectivity index (χ1) is 9.52. The van der Waals surface area contributed by atoms with E-state index in [-0.39, 0.29) is 23.5 Å². The zero-order valence-corrected chi connectivity index (χ0v) is 13.3. The Hall–Kier alpha value is -0.610. The predicted molar refractivity (Wildman–Crippen MR) is 80.7 cm³/mol. The molecule has 2 atom stereocenters. The van der Waals surface area contributed by atoms with Crippen LogP contribution in [-0.4, -0.2) is 49.7 Å². The molecule has 2 rings (SSSR count). The van der Waals surface area contributed by atoms with E-state index in [4.69, 9.17) is 4.74 Å². The first-order valence-corrected chi connectivity index (χ1v) is 8.09. The fraction of sp³-hybridized carbons (Fsp3) is 0.938. The summed E-state index contributed by atoms with van der Waals surface area (Å²) in [6.07, 6.45) is 6.98. The molecule has 0 aliphatic carbocycles. The van der Waals surface area contributed by atoms with E-state index < -0.39 is 0 Å². The molecule has 0 saturated carbocycles. The molecule has 0 bridgehead atoms. The number of carbonyl (C=O) groups is 1. The Bertz CT molecular complexity index is 322. The Balaban J connectivity index is 1.99. The van der Waals surface area contributed by atoms with Crippen LogP contribution in [0.15, 0.2) is 0 Å². The average molecular weight is 282 g/mol. The van der Waals surface area contributed by atoms with E-state index in [1.807, 2.05) is 11.9 Å². The van der Waals surface area contributed by atoms with E-state index in [2.05, 4.69) is 19.2 Å². The maximum absolute atomic E-state index is 12.6. The fourth-order valence-corrected chi connectivity index (χ4v) is 3.29. The molecule has 0 radical (unpaired) electrons. The minimum atomic E-state index is -0.0433. The Kier molecular flexibility index (Phi) is 5.44. The van der Waals surface area contributed by atoms with E-state index in [0.29, 0.717) is 0 Å². The topological polar surface area (TPSA) is 41.6 Å². The van der Waals surface area contributed by atoms with Crippen molar-refractivity contribution in [3.05, 3.63) is 0 Å². The number of nitrogens with one attached hydrogen (secondary N) is 1. The van der Waals surface area contributed by atoms with E-state index in [1.54, 1.807) is 0 Å². The lowest BCUT2D eigenvalue weighted by Gasteiger charge is -2.28. The van der Waals surface area contributed by atoms with E-state index in [1.165, 1.54) is 12.8 Å². The van der Waals surface area contributed by atoms with E-state index >= 15 is 0 Å². The summed E-state index contributed by atoms with van der Waals surface area (Å²) < 4.78 is 5.90. The number of rotatable bonds is 3. The number of ether oxygens (including phenoxy) is 1. The van der Waals surface area contributed by atoms with Gasteiger partial charge in [0.25, 0.3) is 0 Å². The van der Waals surface area contributed by atoms with Gasteiger partial charge in [-0.2, -0.15) is 0 Å². The average Bonchev–Trinajstić information content (AvgIpc) is 2.72. The van der Waals surface area contributed by atoms with Crippen LogP contribution in [0.1, 0.15) is 52.4 Å². The Labute approximate surface area is 123 Å². The molecule has 20 heavy (non-hydrogen) atoms. The second kappa shape index (κ2) is 6.90. The second-order valence-electron chi connectivity index (χ2n) is 7.09. The lowest BCUT2D eigenvalue weighted by atomic mass is 9.83. The normalized spacial score (nSPS) is 31.8. The number of carbonyl (C=O) groups excluding carboxylic acids is 1. The molecule has 0 aromatic heterocycles. The molecule has 116 valence electrons. The van der Waals surface area contributed by atoms with Gasteiger partial charge in [0.1, 0.15) is 0 Å². The van der Waals surface area contributed by atoms with Crippen LogP contribution in [0.2, 0.25) is 0 Å². The first-order valence-electron chi connectivity index (χ1n) is 8.09. The molecule has 2 saturated heterocycles. The first kappa shape index (κ1) is 15.8. The van der Waals surface area contributed by atoms with Crippen molar-refractivity contribution in [1.82, 2.24) is 10.2 Å². The van der Waals surface area contributed by atoms with Crippen LogP contribution in [0.25, 0.3) is 0 Å². The van der Waals surface area contributed by atoms with Gasteiger partial charge in [-0.1, -0.05) is 26.7 Å². The Morgan fingerprint density at radius 2 is 2.15 bits per heavy atom. The van der Waals surface area contributed by atoms with Crippen LogP contribution in [0.4, 0.5) is 0 Å². The van der Waals surface area contributed by atoms with Crippen molar-refractivity contribution in [1.29, 1.82) is 0 Å². The van der Waals surface area contributed by atoms with Gasteiger partial charge in [-0.3, -0.25) is 4.79 Å². The van der Waals surface area contributed by atoms with Crippen molar-refractivity contribution >= 4 is 5.91 Å². The number of nitrogens with zero attached hydrogens (tertiary/aromatic N) is 1. The molecule has 2 unspecified atom stereocenters. The summed E-state index contributed by atoms with van der Waals surface area (Å²) in [5.74, 6) is 0.255. The molecule has 2 aliphatic rings. The molecule has 0 aromatic rings. The summed E-state index contributed by atoms with van der Waals surface area (Å²) in [6.45, 7) is 7.01. The minimum Gasteiger partial charge on any atom is -0.376 e. The van der Waals surface area contributed by atoms with Crippen LogP contribution in [0, 0.1) is 5.41 Å². The summed E-state index contributed by atoms with van der Waals surface area (Å²) in [6, 6.07) is -0.0433. The predicted octanol–water partition coefficient (Wildman–Crippen LogP) is 2.18. The summed E-state index contributed by atoms with van der Waals surface area (Å²) >= 11 is 0. The van der Waals surface area contributed by atoms with Gasteiger partial charge in [-0.15, -0.1) is 0 Å². The maximum atomic E-state index is 12.6. The summed E-state index contributed by atoms with van der Waals surface area (Å²) in [4.78, 5) is 14.7. The second-order valence-corrected chi connectivity index (χ2v) is 7.09. The molecule has 2 fully saturated rings. The molecule has 0 spiro atoms. The van der Waals surface area contributed by atoms with Gasteiger partial charge in [0.2, 0.25) is 5.91 Å². The lowest BCUT2D eigenvalue weighted by molar-refractivity contribution is -0.134. The van der Waals surface area contributed by atoms with Crippen molar-refractivity contribution in [3.63, 3.8) is 0 Å². The third-order valence-corrected chi connectivity index (χ3v) is 4.72. The van der Waals surface area contributed by atoms with Crippen LogP contribution < -0.4 is 5.32 Å². The molecular formula is C16H30N2O2. The number of likely N-dealkylation sites (tertiary alicyclic amines) is 1. The van der Waals surface area contributed by atoms with Gasteiger partial charge in [0.05, 0.1) is 12.1 Å². The number of likely N-dealkylation sites (N-methyl/N-ethyl adjacent to an activating group) is 1. The van der Waals surface area contributed by atoms with E-state index in [0.717, 1.165) is 45.4 Å².